The van der Waals surface area contributed by atoms with Crippen LogP contribution in [0.2, 0.25) is 5.02 Å². The average molecular weight is 513 g/mol. The molecule has 1 aromatic heterocycles. The lowest BCUT2D eigenvalue weighted by Crippen LogP contribution is -2.32. The summed E-state index contributed by atoms with van der Waals surface area (Å²) in [5.74, 6) is -1.92. The lowest BCUT2D eigenvalue weighted by molar-refractivity contribution is -0.129. The van der Waals surface area contributed by atoms with Crippen LogP contribution in [0.25, 0.3) is 11.1 Å². The molecule has 188 valence electrons. The first-order chi connectivity index (χ1) is 17.2. The molecular formula is C27H27ClF2N4O2. The first kappa shape index (κ1) is 26.9. The zero-order chi connectivity index (χ0) is 26.2. The molecule has 0 atom stereocenters. The van der Waals surface area contributed by atoms with Crippen molar-refractivity contribution in [2.45, 2.75) is 26.2 Å². The van der Waals surface area contributed by atoms with Crippen molar-refractivity contribution in [3.8, 4) is 17.2 Å². The van der Waals surface area contributed by atoms with Gasteiger partial charge in [-0.25, -0.2) is 8.78 Å². The monoisotopic (exact) mass is 512 g/mol. The van der Waals surface area contributed by atoms with Gasteiger partial charge in [-0.2, -0.15) is 5.26 Å². The molecule has 0 bridgehead atoms. The number of rotatable bonds is 5. The molecule has 0 spiro atoms. The molecule has 0 saturated carbocycles. The van der Waals surface area contributed by atoms with Gasteiger partial charge in [-0.1, -0.05) is 29.8 Å². The van der Waals surface area contributed by atoms with Gasteiger partial charge in [0.25, 0.3) is 5.91 Å². The third-order valence-electron chi connectivity index (χ3n) is 5.95. The standard InChI is InChI=1S/C21H22F2N4O2.C6H5Cl/c1-13-15(22)5-6-16(23)19(13)20-14(12-26(2)17(20)11-24)21(29)25-8-7-18(28)27-9-3-4-10-27;7-6-4-2-1-3-5-6/h5-6,12H,3-4,7-10H2,1-2H3,(H,25,29);1-5H. The van der Waals surface area contributed by atoms with E-state index in [1.807, 2.05) is 36.4 Å². The normalized spacial score (nSPS) is 12.5. The molecule has 3 aromatic rings. The van der Waals surface area contributed by atoms with Crippen molar-refractivity contribution in [1.29, 1.82) is 5.26 Å². The first-order valence-electron chi connectivity index (χ1n) is 11.6. The molecule has 1 aliphatic heterocycles. The largest absolute Gasteiger partial charge is 0.351 e. The predicted octanol–water partition coefficient (Wildman–Crippen LogP) is 5.23. The predicted molar refractivity (Wildman–Crippen MR) is 134 cm³/mol. The van der Waals surface area contributed by atoms with Crippen LogP contribution in [0.5, 0.6) is 0 Å². The number of carbonyl (C=O) groups excluding carboxylic acids is 2. The van der Waals surface area contributed by atoms with Gasteiger partial charge < -0.3 is 14.8 Å². The highest BCUT2D eigenvalue weighted by Gasteiger charge is 2.26. The Morgan fingerprint density at radius 3 is 2.28 bits per heavy atom. The Balaban J connectivity index is 0.000000444. The molecule has 0 radical (unpaired) electrons. The van der Waals surface area contributed by atoms with Gasteiger partial charge in [0, 0.05) is 55.4 Å². The Kier molecular flexibility index (Phi) is 9.20. The molecule has 6 nitrogen and oxygen atoms in total. The number of nitriles is 1. The van der Waals surface area contributed by atoms with Crippen LogP contribution in [0.3, 0.4) is 0 Å². The fourth-order valence-electron chi connectivity index (χ4n) is 4.06. The second-order valence-electron chi connectivity index (χ2n) is 8.41. The molecule has 9 heteroatoms. The van der Waals surface area contributed by atoms with Crippen molar-refractivity contribution < 1.29 is 18.4 Å². The summed E-state index contributed by atoms with van der Waals surface area (Å²) in [5.41, 5.74) is 0.0699. The molecule has 1 saturated heterocycles. The first-order valence-corrected chi connectivity index (χ1v) is 11.9. The smallest absolute Gasteiger partial charge is 0.253 e. The van der Waals surface area contributed by atoms with E-state index in [-0.39, 0.29) is 46.8 Å². The van der Waals surface area contributed by atoms with E-state index >= 15 is 0 Å². The van der Waals surface area contributed by atoms with Crippen molar-refractivity contribution >= 4 is 23.4 Å². The van der Waals surface area contributed by atoms with Crippen LogP contribution < -0.4 is 5.32 Å². The van der Waals surface area contributed by atoms with Gasteiger partial charge in [0.2, 0.25) is 5.91 Å². The van der Waals surface area contributed by atoms with E-state index in [2.05, 4.69) is 5.32 Å². The number of hydrogen-bond donors (Lipinski definition) is 1. The Hall–Kier alpha value is -3.70. The fraction of sp³-hybridized carbons (Fsp3) is 0.296. The van der Waals surface area contributed by atoms with Gasteiger partial charge in [0.05, 0.1) is 5.56 Å². The lowest BCUT2D eigenvalue weighted by atomic mass is 9.96. The van der Waals surface area contributed by atoms with Gasteiger partial charge in [0.15, 0.2) is 0 Å². The van der Waals surface area contributed by atoms with Crippen molar-refractivity contribution in [1.82, 2.24) is 14.8 Å². The van der Waals surface area contributed by atoms with Gasteiger partial charge >= 0.3 is 0 Å². The number of nitrogens with one attached hydrogen (secondary N) is 1. The summed E-state index contributed by atoms with van der Waals surface area (Å²) in [4.78, 5) is 26.6. The Labute approximate surface area is 214 Å². The van der Waals surface area contributed by atoms with Crippen LogP contribution in [-0.2, 0) is 11.8 Å². The maximum atomic E-state index is 14.5. The number of carbonyl (C=O) groups is 2. The SMILES string of the molecule is Cc1c(F)ccc(F)c1-c1c(C(=O)NCCC(=O)N2CCCC2)cn(C)c1C#N.Clc1ccccc1. The Morgan fingerprint density at radius 2 is 1.69 bits per heavy atom. The van der Waals surface area contributed by atoms with Crippen LogP contribution in [0.15, 0.2) is 48.7 Å². The van der Waals surface area contributed by atoms with E-state index in [1.54, 1.807) is 11.9 Å². The van der Waals surface area contributed by atoms with Crippen molar-refractivity contribution in [3.63, 3.8) is 0 Å². The highest BCUT2D eigenvalue weighted by Crippen LogP contribution is 2.34. The van der Waals surface area contributed by atoms with Crippen LogP contribution in [-0.4, -0.2) is 40.9 Å². The van der Waals surface area contributed by atoms with Crippen LogP contribution in [0, 0.1) is 29.9 Å². The number of nitrogens with zero attached hydrogens (tertiary/aromatic N) is 3. The topological polar surface area (TPSA) is 78.1 Å². The van der Waals surface area contributed by atoms with Gasteiger partial charge in [-0.15, -0.1) is 0 Å². The molecule has 0 unspecified atom stereocenters. The quantitative estimate of drug-likeness (QED) is 0.508. The molecule has 0 aliphatic carbocycles. The highest BCUT2D eigenvalue weighted by atomic mass is 35.5. The summed E-state index contributed by atoms with van der Waals surface area (Å²) in [5, 5.41) is 13.0. The van der Waals surface area contributed by atoms with Crippen molar-refractivity contribution in [2.24, 2.45) is 7.05 Å². The number of hydrogen-bond acceptors (Lipinski definition) is 3. The molecule has 2 aromatic carbocycles. The minimum atomic E-state index is -0.718. The van der Waals surface area contributed by atoms with Crippen molar-refractivity contribution in [3.05, 3.63) is 82.1 Å². The van der Waals surface area contributed by atoms with E-state index in [0.717, 1.165) is 43.1 Å². The molecule has 36 heavy (non-hydrogen) atoms. The van der Waals surface area contributed by atoms with Gasteiger partial charge in [-0.3, -0.25) is 9.59 Å². The number of likely N-dealkylation sites (tertiary alicyclic amines) is 1. The summed E-state index contributed by atoms with van der Waals surface area (Å²) in [7, 11) is 1.56. The summed E-state index contributed by atoms with van der Waals surface area (Å²) < 4.78 is 30.0. The zero-order valence-electron chi connectivity index (χ0n) is 20.2. The minimum Gasteiger partial charge on any atom is -0.351 e. The third-order valence-corrected chi connectivity index (χ3v) is 6.20. The summed E-state index contributed by atoms with van der Waals surface area (Å²) in [6.07, 6.45) is 3.55. The maximum absolute atomic E-state index is 14.5. The lowest BCUT2D eigenvalue weighted by Gasteiger charge is -2.15. The number of amides is 2. The number of benzene rings is 2. The van der Waals surface area contributed by atoms with E-state index < -0.39 is 17.5 Å². The molecule has 2 heterocycles. The number of halogens is 3. The van der Waals surface area contributed by atoms with Crippen LogP contribution >= 0.6 is 11.6 Å². The van der Waals surface area contributed by atoms with E-state index in [0.29, 0.717) is 0 Å². The molecule has 1 fully saturated rings. The molecule has 2 amide bonds. The molecular weight excluding hydrogens is 486 g/mol. The Bertz CT molecular complexity index is 1280. The van der Waals surface area contributed by atoms with Crippen molar-refractivity contribution in [2.75, 3.05) is 19.6 Å². The Morgan fingerprint density at radius 1 is 1.06 bits per heavy atom. The number of aryl methyl sites for hydroxylation is 1. The van der Waals surface area contributed by atoms with Crippen LogP contribution in [0.1, 0.15) is 40.9 Å². The third kappa shape index (κ3) is 6.29. The summed E-state index contributed by atoms with van der Waals surface area (Å²) in [6, 6.07) is 13.4. The van der Waals surface area contributed by atoms with E-state index in [1.165, 1.54) is 17.7 Å². The average Bonchev–Trinajstić information content (AvgIpc) is 3.51. The van der Waals surface area contributed by atoms with Gasteiger partial charge in [-0.05, 0) is 49.6 Å². The molecule has 1 N–H and O–H groups in total. The zero-order valence-corrected chi connectivity index (χ0v) is 20.9. The fourth-order valence-corrected chi connectivity index (χ4v) is 4.21. The summed E-state index contributed by atoms with van der Waals surface area (Å²) in [6.45, 7) is 2.99. The van der Waals surface area contributed by atoms with E-state index in [4.69, 9.17) is 11.6 Å². The molecule has 1 aliphatic rings. The van der Waals surface area contributed by atoms with Crippen LogP contribution in [0.4, 0.5) is 8.78 Å². The number of aromatic nitrogens is 1. The second kappa shape index (κ2) is 12.3. The molecule has 4 rings (SSSR count). The second-order valence-corrected chi connectivity index (χ2v) is 8.84. The summed E-state index contributed by atoms with van der Waals surface area (Å²) >= 11 is 5.54. The van der Waals surface area contributed by atoms with E-state index in [9.17, 15) is 23.6 Å². The minimum absolute atomic E-state index is 0.0194. The highest BCUT2D eigenvalue weighted by molar-refractivity contribution is 6.30. The van der Waals surface area contributed by atoms with Gasteiger partial charge in [0.1, 0.15) is 23.4 Å². The maximum Gasteiger partial charge on any atom is 0.253 e.